The van der Waals surface area contributed by atoms with Gasteiger partial charge in [-0.1, -0.05) is 0 Å². The summed E-state index contributed by atoms with van der Waals surface area (Å²) in [5, 5.41) is 0. The van der Waals surface area contributed by atoms with Gasteiger partial charge in [0, 0.05) is 13.3 Å². The Morgan fingerprint density at radius 2 is 2.12 bits per heavy atom. The predicted octanol–water partition coefficient (Wildman–Crippen LogP) is -1.27. The Morgan fingerprint density at radius 1 is 1.50 bits per heavy atom. The Labute approximate surface area is 93.0 Å². The van der Waals surface area contributed by atoms with Crippen molar-refractivity contribution in [2.24, 2.45) is 16.5 Å². The molecule has 0 aliphatic carbocycles. The minimum atomic E-state index is -0.698. The second-order valence-corrected chi connectivity index (χ2v) is 3.01. The van der Waals surface area contributed by atoms with Gasteiger partial charge in [-0.05, 0) is 0 Å². The van der Waals surface area contributed by atoms with E-state index in [4.69, 9.17) is 25.7 Å². The molecule has 1 saturated heterocycles. The number of carbonyl (C=O) groups is 1. The highest BCUT2D eigenvalue weighted by molar-refractivity contribution is 6.11. The first-order valence-electron chi connectivity index (χ1n) is 4.73. The van der Waals surface area contributed by atoms with Gasteiger partial charge in [0.25, 0.3) is 5.91 Å². The van der Waals surface area contributed by atoms with Crippen molar-refractivity contribution in [3.05, 3.63) is 11.5 Å². The van der Waals surface area contributed by atoms with Gasteiger partial charge in [-0.2, -0.15) is 0 Å². The number of rotatable bonds is 5. The van der Waals surface area contributed by atoms with Gasteiger partial charge in [-0.15, -0.1) is 0 Å². The van der Waals surface area contributed by atoms with Gasteiger partial charge in [0.05, 0.1) is 13.2 Å². The Bertz CT molecular complexity index is 308. The number of hydrogen-bond acceptors (Lipinski definition) is 6. The van der Waals surface area contributed by atoms with E-state index in [-0.39, 0.29) is 18.1 Å². The van der Waals surface area contributed by atoms with Crippen molar-refractivity contribution in [2.45, 2.75) is 6.29 Å². The van der Waals surface area contributed by atoms with Crippen LogP contribution in [0.5, 0.6) is 0 Å². The number of hydrogen-bond donors (Lipinski definition) is 2. The molecular weight excluding hydrogens is 214 g/mol. The van der Waals surface area contributed by atoms with Gasteiger partial charge in [0.2, 0.25) is 0 Å². The molecule has 0 unspecified atom stereocenters. The summed E-state index contributed by atoms with van der Waals surface area (Å²) < 4.78 is 15.4. The van der Waals surface area contributed by atoms with Crippen LogP contribution in [-0.4, -0.2) is 45.3 Å². The van der Waals surface area contributed by atoms with Crippen LogP contribution in [0.3, 0.4) is 0 Å². The number of aliphatic imine (C=N–C) groups is 1. The molecule has 0 spiro atoms. The van der Waals surface area contributed by atoms with E-state index >= 15 is 0 Å². The molecule has 0 radical (unpaired) electrons. The molecule has 16 heavy (non-hydrogen) atoms. The van der Waals surface area contributed by atoms with E-state index in [0.29, 0.717) is 13.2 Å². The molecule has 0 aromatic carbocycles. The predicted molar refractivity (Wildman–Crippen MR) is 56.5 cm³/mol. The lowest BCUT2D eigenvalue weighted by molar-refractivity contribution is -0.114. The summed E-state index contributed by atoms with van der Waals surface area (Å²) in [5.41, 5.74) is 10.7. The van der Waals surface area contributed by atoms with Gasteiger partial charge in [0.15, 0.2) is 12.2 Å². The Morgan fingerprint density at radius 3 is 2.62 bits per heavy atom. The molecular formula is C9H15N3O4. The fourth-order valence-electron chi connectivity index (χ4n) is 1.12. The number of primary amides is 1. The summed E-state index contributed by atoms with van der Waals surface area (Å²) in [6, 6.07) is 0. The van der Waals surface area contributed by atoms with E-state index in [1.807, 2.05) is 0 Å². The summed E-state index contributed by atoms with van der Waals surface area (Å²) in [4.78, 5) is 14.6. The highest BCUT2D eigenvalue weighted by Gasteiger charge is 2.18. The van der Waals surface area contributed by atoms with E-state index in [0.717, 1.165) is 0 Å². The zero-order valence-electron chi connectivity index (χ0n) is 9.01. The summed E-state index contributed by atoms with van der Waals surface area (Å²) in [5.74, 6) is -0.784. The maximum Gasteiger partial charge on any atom is 0.255 e. The van der Waals surface area contributed by atoms with Crippen molar-refractivity contribution in [3.63, 3.8) is 0 Å². The quantitative estimate of drug-likeness (QED) is 0.347. The van der Waals surface area contributed by atoms with E-state index in [9.17, 15) is 4.79 Å². The first-order chi connectivity index (χ1) is 7.65. The minimum Gasteiger partial charge on any atom is -0.473 e. The SMILES string of the molecule is CN=CC(C(N)=O)=C(N)OCC1OCCO1. The molecule has 0 aromatic rings. The van der Waals surface area contributed by atoms with Gasteiger partial charge >= 0.3 is 0 Å². The van der Waals surface area contributed by atoms with Crippen LogP contribution in [0.1, 0.15) is 0 Å². The number of amides is 1. The topological polar surface area (TPSA) is 109 Å². The summed E-state index contributed by atoms with van der Waals surface area (Å²) in [6.45, 7) is 1.16. The zero-order valence-corrected chi connectivity index (χ0v) is 9.01. The molecule has 1 amide bonds. The highest BCUT2D eigenvalue weighted by atomic mass is 16.7. The number of nitrogens with zero attached hydrogens (tertiary/aromatic N) is 1. The first kappa shape index (κ1) is 12.5. The summed E-state index contributed by atoms with van der Waals surface area (Å²) >= 11 is 0. The maximum absolute atomic E-state index is 11.0. The monoisotopic (exact) mass is 229 g/mol. The molecule has 1 aliphatic heterocycles. The Hall–Kier alpha value is -1.60. The van der Waals surface area contributed by atoms with Crippen molar-refractivity contribution < 1.29 is 19.0 Å². The van der Waals surface area contributed by atoms with Crippen molar-refractivity contribution in [3.8, 4) is 0 Å². The van der Waals surface area contributed by atoms with Crippen LogP contribution in [0, 0.1) is 0 Å². The number of carbonyl (C=O) groups excluding carboxylic acids is 1. The van der Waals surface area contributed by atoms with Gasteiger partial charge in [0.1, 0.15) is 12.2 Å². The number of nitrogens with two attached hydrogens (primary N) is 2. The molecule has 90 valence electrons. The van der Waals surface area contributed by atoms with Gasteiger partial charge in [-0.25, -0.2) is 0 Å². The second-order valence-electron chi connectivity index (χ2n) is 3.01. The van der Waals surface area contributed by atoms with E-state index < -0.39 is 12.2 Å². The molecule has 1 aliphatic rings. The zero-order chi connectivity index (χ0) is 12.0. The average molecular weight is 229 g/mol. The molecule has 7 nitrogen and oxygen atoms in total. The Balaban J connectivity index is 2.54. The van der Waals surface area contributed by atoms with Crippen molar-refractivity contribution >= 4 is 12.1 Å². The lowest BCUT2D eigenvalue weighted by Gasteiger charge is -2.11. The van der Waals surface area contributed by atoms with E-state index in [2.05, 4.69) is 4.99 Å². The van der Waals surface area contributed by atoms with E-state index in [1.54, 1.807) is 0 Å². The van der Waals surface area contributed by atoms with Crippen molar-refractivity contribution in [1.82, 2.24) is 0 Å². The third-order valence-electron chi connectivity index (χ3n) is 1.85. The number of ether oxygens (including phenoxy) is 3. The van der Waals surface area contributed by atoms with Crippen molar-refractivity contribution in [1.29, 1.82) is 0 Å². The summed E-state index contributed by atoms with van der Waals surface area (Å²) in [6.07, 6.45) is 0.792. The third kappa shape index (κ3) is 3.52. The van der Waals surface area contributed by atoms with Crippen LogP contribution < -0.4 is 11.5 Å². The van der Waals surface area contributed by atoms with Crippen LogP contribution in [-0.2, 0) is 19.0 Å². The molecule has 1 heterocycles. The molecule has 7 heteroatoms. The maximum atomic E-state index is 11.0. The smallest absolute Gasteiger partial charge is 0.255 e. The molecule has 0 saturated carbocycles. The lowest BCUT2D eigenvalue weighted by atomic mass is 10.3. The summed E-state index contributed by atoms with van der Waals surface area (Å²) in [7, 11) is 1.50. The second kappa shape index (κ2) is 6.09. The molecule has 0 bridgehead atoms. The fraction of sp³-hybridized carbons (Fsp3) is 0.556. The molecule has 0 aromatic heterocycles. The average Bonchev–Trinajstić information content (AvgIpc) is 2.75. The van der Waals surface area contributed by atoms with Crippen LogP contribution in [0.15, 0.2) is 16.4 Å². The van der Waals surface area contributed by atoms with Gasteiger partial charge < -0.3 is 25.7 Å². The first-order valence-corrected chi connectivity index (χ1v) is 4.73. The Kier molecular flexibility index (Phi) is 4.74. The normalized spacial score (nSPS) is 18.8. The van der Waals surface area contributed by atoms with Crippen molar-refractivity contribution in [2.75, 3.05) is 26.9 Å². The van der Waals surface area contributed by atoms with Crippen LogP contribution in [0.4, 0.5) is 0 Å². The molecule has 1 fully saturated rings. The largest absolute Gasteiger partial charge is 0.473 e. The third-order valence-corrected chi connectivity index (χ3v) is 1.85. The minimum absolute atomic E-state index is 0.0282. The van der Waals surface area contributed by atoms with Crippen LogP contribution in [0.25, 0.3) is 0 Å². The van der Waals surface area contributed by atoms with Gasteiger partial charge in [-0.3, -0.25) is 9.79 Å². The van der Waals surface area contributed by atoms with E-state index in [1.165, 1.54) is 13.3 Å². The molecule has 1 rings (SSSR count). The molecule has 0 atom stereocenters. The molecule has 4 N–H and O–H groups in total. The lowest BCUT2D eigenvalue weighted by Crippen LogP contribution is -2.24. The van der Waals surface area contributed by atoms with Crippen LogP contribution in [0.2, 0.25) is 0 Å². The fourth-order valence-corrected chi connectivity index (χ4v) is 1.12. The standard InChI is InChI=1S/C9H15N3O4/c1-12-4-6(8(10)13)9(11)16-5-7-14-2-3-15-7/h4,7H,2-3,5,11H2,1H3,(H2,10,13). The van der Waals surface area contributed by atoms with Crippen LogP contribution >= 0.6 is 0 Å². The highest BCUT2D eigenvalue weighted by Crippen LogP contribution is 2.06.